The van der Waals surface area contributed by atoms with Crippen molar-refractivity contribution in [1.82, 2.24) is 10.2 Å². The third kappa shape index (κ3) is 3.56. The Bertz CT molecular complexity index is 730. The lowest BCUT2D eigenvalue weighted by Crippen LogP contribution is -2.10. The number of hydrogen-bond acceptors (Lipinski definition) is 6. The van der Waals surface area contributed by atoms with Crippen molar-refractivity contribution in [3.05, 3.63) is 45.3 Å². The predicted molar refractivity (Wildman–Crippen MR) is 85.2 cm³/mol. The van der Waals surface area contributed by atoms with Crippen molar-refractivity contribution in [2.45, 2.75) is 6.92 Å². The van der Waals surface area contributed by atoms with Crippen LogP contribution in [-0.2, 0) is 0 Å². The van der Waals surface area contributed by atoms with Crippen LogP contribution in [0.5, 0.6) is 11.5 Å². The van der Waals surface area contributed by atoms with Crippen LogP contribution >= 0.6 is 11.6 Å². The third-order valence-corrected chi connectivity index (χ3v) is 3.08. The average molecular weight is 323 g/mol. The maximum Gasteiger partial charge on any atom is 0.285 e. The summed E-state index contributed by atoms with van der Waals surface area (Å²) in [6.45, 7) is 2.38. The summed E-state index contributed by atoms with van der Waals surface area (Å²) in [6, 6.07) is 5.45. The summed E-state index contributed by atoms with van der Waals surface area (Å²) in [5.41, 5.74) is 3.21. The highest BCUT2D eigenvalue weighted by atomic mass is 35.5. The second-order valence-corrected chi connectivity index (χ2v) is 4.49. The molecule has 0 fully saturated rings. The largest absolute Gasteiger partial charge is 0.493 e. The first-order chi connectivity index (χ1) is 10.7. The molecule has 7 nitrogen and oxygen atoms in total. The van der Waals surface area contributed by atoms with Gasteiger partial charge in [-0.05, 0) is 19.1 Å². The number of halogens is 1. The van der Waals surface area contributed by atoms with E-state index in [1.165, 1.54) is 6.20 Å². The fourth-order valence-corrected chi connectivity index (χ4v) is 1.86. The van der Waals surface area contributed by atoms with Crippen molar-refractivity contribution in [1.29, 1.82) is 0 Å². The van der Waals surface area contributed by atoms with Crippen molar-refractivity contribution < 1.29 is 9.47 Å². The number of aromatic nitrogens is 2. The Morgan fingerprint density at radius 2 is 2.32 bits per heavy atom. The van der Waals surface area contributed by atoms with E-state index in [0.29, 0.717) is 23.8 Å². The van der Waals surface area contributed by atoms with Gasteiger partial charge in [-0.25, -0.2) is 5.10 Å². The molecule has 0 saturated carbocycles. The second-order valence-electron chi connectivity index (χ2n) is 4.11. The number of hydrogen-bond donors (Lipinski definition) is 2. The van der Waals surface area contributed by atoms with Crippen molar-refractivity contribution in [2.75, 3.05) is 19.1 Å². The lowest BCUT2D eigenvalue weighted by Gasteiger charge is -2.11. The molecule has 0 amide bonds. The zero-order valence-electron chi connectivity index (χ0n) is 12.1. The fourth-order valence-electron chi connectivity index (χ4n) is 1.73. The van der Waals surface area contributed by atoms with Crippen LogP contribution in [0.15, 0.2) is 34.3 Å². The fraction of sp³-hybridized carbons (Fsp3) is 0.214. The molecule has 2 rings (SSSR count). The first-order valence-corrected chi connectivity index (χ1v) is 6.87. The number of nitrogens with zero attached hydrogens (tertiary/aromatic N) is 2. The summed E-state index contributed by atoms with van der Waals surface area (Å²) in [7, 11) is 1.57. The normalized spacial score (nSPS) is 10.7. The summed E-state index contributed by atoms with van der Waals surface area (Å²) in [6.07, 6.45) is 2.92. The molecule has 0 radical (unpaired) electrons. The monoisotopic (exact) mass is 322 g/mol. The van der Waals surface area contributed by atoms with Crippen LogP contribution < -0.4 is 20.5 Å². The van der Waals surface area contributed by atoms with E-state index in [1.54, 1.807) is 19.4 Å². The molecule has 0 unspecified atom stereocenters. The van der Waals surface area contributed by atoms with Crippen LogP contribution in [-0.4, -0.2) is 30.1 Å². The van der Waals surface area contributed by atoms with Gasteiger partial charge in [-0.15, -0.1) is 0 Å². The van der Waals surface area contributed by atoms with Crippen LogP contribution in [0.4, 0.5) is 5.69 Å². The Kier molecular flexibility index (Phi) is 5.37. The molecule has 0 aliphatic carbocycles. The molecule has 1 aromatic carbocycles. The summed E-state index contributed by atoms with van der Waals surface area (Å²) in [5.74, 6) is 1.20. The molecule has 0 bridgehead atoms. The van der Waals surface area contributed by atoms with Gasteiger partial charge in [-0.2, -0.15) is 10.2 Å². The van der Waals surface area contributed by atoms with Gasteiger partial charge in [0.05, 0.1) is 26.1 Å². The molecule has 0 aliphatic rings. The maximum atomic E-state index is 11.3. The van der Waals surface area contributed by atoms with Crippen LogP contribution in [0.1, 0.15) is 12.5 Å². The highest BCUT2D eigenvalue weighted by Crippen LogP contribution is 2.30. The standard InChI is InChI=1S/C14H15ClN4O3/c1-3-22-13-9(5-4-6-11(13)21-2)7-16-18-10-8-17-19-14(20)12(10)15/h4-8H,3H2,1-2H3,(H2,18,19,20)/b16-7+. The van der Waals surface area contributed by atoms with E-state index in [9.17, 15) is 4.79 Å². The first-order valence-electron chi connectivity index (χ1n) is 6.49. The molecule has 8 heteroatoms. The van der Waals surface area contributed by atoms with Crippen LogP contribution in [0, 0.1) is 0 Å². The number of nitrogens with one attached hydrogen (secondary N) is 2. The minimum absolute atomic E-state index is 0.0113. The minimum atomic E-state index is -0.488. The quantitative estimate of drug-likeness (QED) is 0.629. The number of rotatable bonds is 6. The zero-order valence-corrected chi connectivity index (χ0v) is 12.8. The first kappa shape index (κ1) is 15.8. The summed E-state index contributed by atoms with van der Waals surface area (Å²) in [5, 5.41) is 9.90. The molecule has 1 heterocycles. The molecule has 0 aliphatic heterocycles. The Hall–Kier alpha value is -2.54. The van der Waals surface area contributed by atoms with Gasteiger partial charge in [-0.1, -0.05) is 17.7 Å². The van der Waals surface area contributed by atoms with Gasteiger partial charge in [0.15, 0.2) is 11.5 Å². The Labute approximate surface area is 131 Å². The van der Waals surface area contributed by atoms with Gasteiger partial charge < -0.3 is 9.47 Å². The molecule has 0 saturated heterocycles. The van der Waals surface area contributed by atoms with Gasteiger partial charge in [0.25, 0.3) is 5.56 Å². The van der Waals surface area contributed by atoms with E-state index < -0.39 is 5.56 Å². The zero-order chi connectivity index (χ0) is 15.9. The molecule has 0 atom stereocenters. The van der Waals surface area contributed by atoms with Gasteiger partial charge in [0.2, 0.25) is 0 Å². The SMILES string of the molecule is CCOc1c(/C=N/Nc2cn[nH]c(=O)c2Cl)cccc1OC. The van der Waals surface area contributed by atoms with Crippen molar-refractivity contribution in [3.63, 3.8) is 0 Å². The highest BCUT2D eigenvalue weighted by Gasteiger charge is 2.08. The Morgan fingerprint density at radius 3 is 3.05 bits per heavy atom. The van der Waals surface area contributed by atoms with E-state index in [4.69, 9.17) is 21.1 Å². The number of methoxy groups -OCH3 is 1. The van der Waals surface area contributed by atoms with E-state index in [1.807, 2.05) is 19.1 Å². The number of hydrazone groups is 1. The lowest BCUT2D eigenvalue weighted by molar-refractivity contribution is 0.310. The molecule has 116 valence electrons. The van der Waals surface area contributed by atoms with Gasteiger partial charge in [-0.3, -0.25) is 10.2 Å². The number of aromatic amines is 1. The molecule has 2 aromatic rings. The van der Waals surface area contributed by atoms with Gasteiger partial charge >= 0.3 is 0 Å². The Balaban J connectivity index is 2.23. The minimum Gasteiger partial charge on any atom is -0.493 e. The Morgan fingerprint density at radius 1 is 1.50 bits per heavy atom. The second kappa shape index (κ2) is 7.46. The van der Waals surface area contributed by atoms with Crippen molar-refractivity contribution >= 4 is 23.5 Å². The summed E-state index contributed by atoms with van der Waals surface area (Å²) in [4.78, 5) is 11.3. The number of ether oxygens (including phenoxy) is 2. The number of para-hydroxylation sites is 1. The number of benzene rings is 1. The van der Waals surface area contributed by atoms with E-state index >= 15 is 0 Å². The third-order valence-electron chi connectivity index (χ3n) is 2.70. The van der Waals surface area contributed by atoms with Gasteiger partial charge in [0.1, 0.15) is 10.7 Å². The van der Waals surface area contributed by atoms with Gasteiger partial charge in [0, 0.05) is 5.56 Å². The molecular formula is C14H15ClN4O3. The summed E-state index contributed by atoms with van der Waals surface area (Å²) < 4.78 is 10.8. The van der Waals surface area contributed by atoms with E-state index in [0.717, 1.165) is 5.56 Å². The summed E-state index contributed by atoms with van der Waals surface area (Å²) >= 11 is 5.84. The molecular weight excluding hydrogens is 308 g/mol. The van der Waals surface area contributed by atoms with Crippen molar-refractivity contribution in [2.24, 2.45) is 5.10 Å². The van der Waals surface area contributed by atoms with E-state index in [-0.39, 0.29) is 5.02 Å². The lowest BCUT2D eigenvalue weighted by atomic mass is 10.2. The molecule has 0 spiro atoms. The molecule has 22 heavy (non-hydrogen) atoms. The maximum absolute atomic E-state index is 11.3. The number of H-pyrrole nitrogens is 1. The molecule has 2 N–H and O–H groups in total. The smallest absolute Gasteiger partial charge is 0.285 e. The topological polar surface area (TPSA) is 88.6 Å². The van der Waals surface area contributed by atoms with Crippen LogP contribution in [0.2, 0.25) is 5.02 Å². The van der Waals surface area contributed by atoms with Crippen molar-refractivity contribution in [3.8, 4) is 11.5 Å². The van der Waals surface area contributed by atoms with E-state index in [2.05, 4.69) is 20.7 Å². The highest BCUT2D eigenvalue weighted by molar-refractivity contribution is 6.32. The van der Waals surface area contributed by atoms with Crippen LogP contribution in [0.3, 0.4) is 0 Å². The van der Waals surface area contributed by atoms with Crippen LogP contribution in [0.25, 0.3) is 0 Å². The molecule has 1 aromatic heterocycles. The number of anilines is 1. The predicted octanol–water partition coefficient (Wildman–Crippen LogP) is 2.28. The average Bonchev–Trinajstić information content (AvgIpc) is 2.53.